The maximum Gasteiger partial charge on any atom is 0.224 e. The Bertz CT molecular complexity index is 713. The van der Waals surface area contributed by atoms with E-state index in [-0.39, 0.29) is 5.91 Å². The number of fused-ring (bicyclic) bond motifs is 1. The van der Waals surface area contributed by atoms with Gasteiger partial charge in [-0.2, -0.15) is 0 Å². The number of hydrogen-bond donors (Lipinski definition) is 1. The number of halogens is 1. The van der Waals surface area contributed by atoms with Crippen LogP contribution in [0, 0.1) is 6.92 Å². The minimum absolute atomic E-state index is 0.0250. The van der Waals surface area contributed by atoms with Crippen LogP contribution >= 0.6 is 15.9 Å². The molecule has 5 heteroatoms. The number of hydrogen-bond acceptors (Lipinski definition) is 3. The normalized spacial score (nSPS) is 12.8. The molecule has 0 saturated heterocycles. The molecule has 0 fully saturated rings. The first-order chi connectivity index (χ1) is 11.1. The van der Waals surface area contributed by atoms with E-state index in [9.17, 15) is 4.79 Å². The molecule has 1 amide bonds. The number of rotatable bonds is 4. The monoisotopic (exact) mass is 375 g/mol. The van der Waals surface area contributed by atoms with Gasteiger partial charge in [0.2, 0.25) is 5.91 Å². The number of carbonyl (C=O) groups excluding carboxylic acids is 1. The van der Waals surface area contributed by atoms with Gasteiger partial charge >= 0.3 is 0 Å². The molecule has 0 atom stereocenters. The highest BCUT2D eigenvalue weighted by Gasteiger charge is 2.16. The van der Waals surface area contributed by atoms with Crippen LogP contribution in [0.2, 0.25) is 0 Å². The lowest BCUT2D eigenvalue weighted by molar-refractivity contribution is -0.116. The van der Waals surface area contributed by atoms with Crippen molar-refractivity contribution in [3.8, 4) is 11.5 Å². The van der Waals surface area contributed by atoms with Gasteiger partial charge in [-0.1, -0.05) is 29.8 Å². The first-order valence-electron chi connectivity index (χ1n) is 7.56. The summed E-state index contributed by atoms with van der Waals surface area (Å²) >= 11 is 3.46. The first kappa shape index (κ1) is 15.9. The third-order valence-corrected chi connectivity index (χ3v) is 4.32. The van der Waals surface area contributed by atoms with E-state index >= 15 is 0 Å². The molecular formula is C18H18BrNO3. The van der Waals surface area contributed by atoms with Crippen molar-refractivity contribution in [3.63, 3.8) is 0 Å². The number of carbonyl (C=O) groups is 1. The van der Waals surface area contributed by atoms with Crippen molar-refractivity contribution < 1.29 is 14.3 Å². The maximum absolute atomic E-state index is 12.2. The predicted octanol–water partition coefficient (Wildman–Crippen LogP) is 4.10. The molecule has 23 heavy (non-hydrogen) atoms. The lowest BCUT2D eigenvalue weighted by Gasteiger charge is -2.20. The number of ether oxygens (including phenoxy) is 2. The van der Waals surface area contributed by atoms with Crippen molar-refractivity contribution in [2.75, 3.05) is 18.5 Å². The molecule has 0 spiro atoms. The molecule has 0 unspecified atom stereocenters. The van der Waals surface area contributed by atoms with Gasteiger partial charge in [0.05, 0.1) is 5.69 Å². The van der Waals surface area contributed by atoms with Gasteiger partial charge in [-0.15, -0.1) is 0 Å². The molecule has 1 N–H and O–H groups in total. The van der Waals surface area contributed by atoms with E-state index in [2.05, 4.69) is 52.4 Å². The van der Waals surface area contributed by atoms with E-state index in [1.165, 1.54) is 5.56 Å². The Balaban J connectivity index is 1.62. The maximum atomic E-state index is 12.2. The van der Waals surface area contributed by atoms with Crippen molar-refractivity contribution >= 4 is 27.5 Å². The summed E-state index contributed by atoms with van der Waals surface area (Å²) in [5.41, 5.74) is 3.08. The van der Waals surface area contributed by atoms with E-state index in [4.69, 9.17) is 9.47 Å². The fourth-order valence-corrected chi connectivity index (χ4v) is 2.81. The van der Waals surface area contributed by atoms with E-state index in [1.807, 2.05) is 6.07 Å². The van der Waals surface area contributed by atoms with E-state index in [0.717, 1.165) is 10.0 Å². The van der Waals surface area contributed by atoms with Gasteiger partial charge < -0.3 is 14.8 Å². The Morgan fingerprint density at radius 1 is 1.13 bits per heavy atom. The van der Waals surface area contributed by atoms with Gasteiger partial charge in [0.25, 0.3) is 0 Å². The van der Waals surface area contributed by atoms with E-state index in [0.29, 0.717) is 43.2 Å². The molecular weight excluding hydrogens is 358 g/mol. The number of amides is 1. The van der Waals surface area contributed by atoms with Crippen molar-refractivity contribution in [1.82, 2.24) is 0 Å². The van der Waals surface area contributed by atoms with Gasteiger partial charge in [-0.3, -0.25) is 4.79 Å². The van der Waals surface area contributed by atoms with Gasteiger partial charge in [-0.05, 0) is 34.8 Å². The molecule has 1 heterocycles. The smallest absolute Gasteiger partial charge is 0.224 e. The Labute approximate surface area is 143 Å². The third-order valence-electron chi connectivity index (χ3n) is 3.67. The summed E-state index contributed by atoms with van der Waals surface area (Å²) < 4.78 is 11.8. The fourth-order valence-electron chi connectivity index (χ4n) is 2.39. The van der Waals surface area contributed by atoms with Crippen LogP contribution in [0.5, 0.6) is 11.5 Å². The number of benzene rings is 2. The Morgan fingerprint density at radius 3 is 2.48 bits per heavy atom. The molecule has 0 aliphatic carbocycles. The zero-order valence-corrected chi connectivity index (χ0v) is 14.5. The quantitative estimate of drug-likeness (QED) is 0.874. The fraction of sp³-hybridized carbons (Fsp3) is 0.278. The summed E-state index contributed by atoms with van der Waals surface area (Å²) in [6.45, 7) is 3.12. The van der Waals surface area contributed by atoms with Crippen LogP contribution in [-0.4, -0.2) is 19.1 Å². The standard InChI is InChI=1S/C18H18BrNO3/c1-12-2-4-13(5-3-12)6-7-18(21)20-15-11-17-16(10-14(15)19)22-8-9-23-17/h2-5,10-11H,6-9H2,1H3,(H,20,21). The Hall–Kier alpha value is -2.01. The average Bonchev–Trinajstić information content (AvgIpc) is 2.55. The summed E-state index contributed by atoms with van der Waals surface area (Å²) in [4.78, 5) is 12.2. The average molecular weight is 376 g/mol. The van der Waals surface area contributed by atoms with Crippen LogP contribution in [0.3, 0.4) is 0 Å². The second-order valence-electron chi connectivity index (χ2n) is 5.51. The molecule has 120 valence electrons. The lowest BCUT2D eigenvalue weighted by Crippen LogP contribution is -2.17. The van der Waals surface area contributed by atoms with Crippen molar-refractivity contribution in [2.45, 2.75) is 19.8 Å². The highest BCUT2D eigenvalue weighted by atomic mass is 79.9. The van der Waals surface area contributed by atoms with Crippen LogP contribution in [0.25, 0.3) is 0 Å². The summed E-state index contributed by atoms with van der Waals surface area (Å²) in [6.07, 6.45) is 1.15. The predicted molar refractivity (Wildman–Crippen MR) is 93.3 cm³/mol. The zero-order chi connectivity index (χ0) is 16.2. The summed E-state index contributed by atoms with van der Waals surface area (Å²) in [6, 6.07) is 11.9. The lowest BCUT2D eigenvalue weighted by atomic mass is 10.1. The third kappa shape index (κ3) is 4.05. The molecule has 0 radical (unpaired) electrons. The molecule has 1 aliphatic rings. The van der Waals surface area contributed by atoms with Crippen LogP contribution in [0.4, 0.5) is 5.69 Å². The molecule has 3 rings (SSSR count). The molecule has 0 saturated carbocycles. The highest BCUT2D eigenvalue weighted by molar-refractivity contribution is 9.10. The SMILES string of the molecule is Cc1ccc(CCC(=O)Nc2cc3c(cc2Br)OCCO3)cc1. The topological polar surface area (TPSA) is 47.6 Å². The molecule has 2 aromatic carbocycles. The van der Waals surface area contributed by atoms with Gasteiger partial charge in [0.1, 0.15) is 13.2 Å². The molecule has 4 nitrogen and oxygen atoms in total. The van der Waals surface area contributed by atoms with Crippen LogP contribution in [-0.2, 0) is 11.2 Å². The second kappa shape index (κ2) is 7.04. The van der Waals surface area contributed by atoms with Crippen LogP contribution < -0.4 is 14.8 Å². The van der Waals surface area contributed by atoms with Crippen LogP contribution in [0.1, 0.15) is 17.5 Å². The van der Waals surface area contributed by atoms with Gasteiger partial charge in [0.15, 0.2) is 11.5 Å². The minimum atomic E-state index is -0.0250. The molecule has 0 aromatic heterocycles. The first-order valence-corrected chi connectivity index (χ1v) is 8.35. The van der Waals surface area contributed by atoms with Crippen LogP contribution in [0.15, 0.2) is 40.9 Å². The minimum Gasteiger partial charge on any atom is -0.486 e. The van der Waals surface area contributed by atoms with Crippen molar-refractivity contribution in [1.29, 1.82) is 0 Å². The summed E-state index contributed by atoms with van der Waals surface area (Å²) in [7, 11) is 0. The van der Waals surface area contributed by atoms with Gasteiger partial charge in [0, 0.05) is 23.0 Å². The number of anilines is 1. The highest BCUT2D eigenvalue weighted by Crippen LogP contribution is 2.38. The molecule has 0 bridgehead atoms. The summed E-state index contributed by atoms with van der Waals surface area (Å²) in [5.74, 6) is 1.33. The zero-order valence-electron chi connectivity index (χ0n) is 12.9. The number of nitrogens with one attached hydrogen (secondary N) is 1. The largest absolute Gasteiger partial charge is 0.486 e. The number of aryl methyl sites for hydroxylation is 2. The second-order valence-corrected chi connectivity index (χ2v) is 6.36. The van der Waals surface area contributed by atoms with E-state index in [1.54, 1.807) is 6.07 Å². The van der Waals surface area contributed by atoms with E-state index < -0.39 is 0 Å². The Kier molecular flexibility index (Phi) is 4.86. The van der Waals surface area contributed by atoms with Crippen molar-refractivity contribution in [2.24, 2.45) is 0 Å². The molecule has 1 aliphatic heterocycles. The molecule has 2 aromatic rings. The Morgan fingerprint density at radius 2 is 1.78 bits per heavy atom. The summed E-state index contributed by atoms with van der Waals surface area (Å²) in [5, 5.41) is 2.92. The van der Waals surface area contributed by atoms with Gasteiger partial charge in [-0.25, -0.2) is 0 Å². The van der Waals surface area contributed by atoms with Crippen molar-refractivity contribution in [3.05, 3.63) is 52.0 Å².